The first-order valence-electron chi connectivity index (χ1n) is 12.2. The Kier molecular flexibility index (Phi) is 9.72. The van der Waals surface area contributed by atoms with Gasteiger partial charge in [0, 0.05) is 18.5 Å². The van der Waals surface area contributed by atoms with Gasteiger partial charge in [0.1, 0.15) is 6.04 Å². The summed E-state index contributed by atoms with van der Waals surface area (Å²) >= 11 is 0. The van der Waals surface area contributed by atoms with Crippen LogP contribution in [0.15, 0.2) is 78.9 Å². The topological polar surface area (TPSA) is 92.5 Å². The number of primary amides is 1. The number of carbonyl (C=O) groups excluding carboxylic acids is 3. The van der Waals surface area contributed by atoms with Gasteiger partial charge in [-0.15, -0.1) is 0 Å². The molecule has 0 aliphatic rings. The van der Waals surface area contributed by atoms with E-state index in [0.29, 0.717) is 11.1 Å². The van der Waals surface area contributed by atoms with E-state index in [0.717, 1.165) is 30.8 Å². The van der Waals surface area contributed by atoms with E-state index < -0.39 is 23.6 Å². The maximum atomic E-state index is 13.2. The third-order valence-electron chi connectivity index (χ3n) is 6.09. The molecule has 36 heavy (non-hydrogen) atoms. The minimum atomic E-state index is -1.08. The maximum Gasteiger partial charge on any atom is 0.287 e. The average molecular weight is 484 g/mol. The van der Waals surface area contributed by atoms with Crippen molar-refractivity contribution in [1.82, 2.24) is 10.2 Å². The molecule has 0 saturated carbocycles. The first kappa shape index (κ1) is 26.6. The zero-order valence-corrected chi connectivity index (χ0v) is 20.8. The SMILES string of the molecule is CCN(CC)Cc1ccc(C=Cc2ccccc2C(=O)NC(Cc2ccccc2)C(=O)C(N)=O)cc1. The first-order valence-corrected chi connectivity index (χ1v) is 12.2. The van der Waals surface area contributed by atoms with Crippen molar-refractivity contribution in [3.05, 3.63) is 107 Å². The van der Waals surface area contributed by atoms with Crippen LogP contribution in [0.5, 0.6) is 0 Å². The van der Waals surface area contributed by atoms with E-state index in [4.69, 9.17) is 5.73 Å². The van der Waals surface area contributed by atoms with E-state index in [2.05, 4.69) is 48.3 Å². The number of nitrogens with zero attached hydrogens (tertiary/aromatic N) is 1. The van der Waals surface area contributed by atoms with Crippen molar-refractivity contribution < 1.29 is 14.4 Å². The molecule has 1 atom stereocenters. The lowest BCUT2D eigenvalue weighted by atomic mass is 10.00. The van der Waals surface area contributed by atoms with Gasteiger partial charge in [0.2, 0.25) is 5.78 Å². The third kappa shape index (κ3) is 7.48. The lowest BCUT2D eigenvalue weighted by Crippen LogP contribution is -2.47. The van der Waals surface area contributed by atoms with Crippen LogP contribution in [0.25, 0.3) is 12.2 Å². The fourth-order valence-electron chi connectivity index (χ4n) is 3.94. The predicted octanol–water partition coefficient (Wildman–Crippen LogP) is 4.09. The van der Waals surface area contributed by atoms with Crippen molar-refractivity contribution >= 4 is 29.7 Å². The number of ketones is 1. The van der Waals surface area contributed by atoms with Crippen LogP contribution in [0.2, 0.25) is 0 Å². The second-order valence-electron chi connectivity index (χ2n) is 8.57. The molecule has 0 heterocycles. The molecule has 2 amide bonds. The lowest BCUT2D eigenvalue weighted by molar-refractivity contribution is -0.137. The molecule has 1 unspecified atom stereocenters. The molecule has 3 N–H and O–H groups in total. The van der Waals surface area contributed by atoms with Crippen LogP contribution in [0.3, 0.4) is 0 Å². The molecule has 6 heteroatoms. The van der Waals surface area contributed by atoms with Gasteiger partial charge in [-0.05, 0) is 41.4 Å². The molecule has 0 aromatic heterocycles. The van der Waals surface area contributed by atoms with Crippen molar-refractivity contribution in [2.45, 2.75) is 32.9 Å². The highest BCUT2D eigenvalue weighted by molar-refractivity contribution is 6.38. The highest BCUT2D eigenvalue weighted by atomic mass is 16.2. The van der Waals surface area contributed by atoms with E-state index in [9.17, 15) is 14.4 Å². The van der Waals surface area contributed by atoms with Gasteiger partial charge in [-0.2, -0.15) is 0 Å². The number of amides is 2. The smallest absolute Gasteiger partial charge is 0.287 e. The normalized spacial score (nSPS) is 12.0. The van der Waals surface area contributed by atoms with Gasteiger partial charge in [-0.25, -0.2) is 0 Å². The second-order valence-corrected chi connectivity index (χ2v) is 8.57. The Bertz CT molecular complexity index is 1200. The number of nitrogens with two attached hydrogens (primary N) is 1. The lowest BCUT2D eigenvalue weighted by Gasteiger charge is -2.18. The summed E-state index contributed by atoms with van der Waals surface area (Å²) < 4.78 is 0. The average Bonchev–Trinajstić information content (AvgIpc) is 2.91. The summed E-state index contributed by atoms with van der Waals surface area (Å²) in [4.78, 5) is 39.5. The monoisotopic (exact) mass is 483 g/mol. The second kappa shape index (κ2) is 13.2. The van der Waals surface area contributed by atoms with Crippen molar-refractivity contribution in [3.8, 4) is 0 Å². The summed E-state index contributed by atoms with van der Waals surface area (Å²) in [6.45, 7) is 7.24. The van der Waals surface area contributed by atoms with Gasteiger partial charge in [-0.1, -0.05) is 98.8 Å². The molecule has 0 bridgehead atoms. The predicted molar refractivity (Wildman–Crippen MR) is 144 cm³/mol. The Balaban J connectivity index is 1.76. The highest BCUT2D eigenvalue weighted by Crippen LogP contribution is 2.16. The molecule has 0 aliphatic heterocycles. The number of Topliss-reactive ketones (excluding diaryl/α,β-unsaturated/α-hetero) is 1. The van der Waals surface area contributed by atoms with Gasteiger partial charge >= 0.3 is 0 Å². The molecule has 0 saturated heterocycles. The maximum absolute atomic E-state index is 13.2. The largest absolute Gasteiger partial charge is 0.363 e. The van der Waals surface area contributed by atoms with E-state index in [1.807, 2.05) is 54.6 Å². The van der Waals surface area contributed by atoms with Crippen LogP contribution in [0, 0.1) is 0 Å². The van der Waals surface area contributed by atoms with Crippen LogP contribution < -0.4 is 11.1 Å². The van der Waals surface area contributed by atoms with Crippen LogP contribution in [-0.2, 0) is 22.6 Å². The third-order valence-corrected chi connectivity index (χ3v) is 6.09. The van der Waals surface area contributed by atoms with E-state index in [-0.39, 0.29) is 6.42 Å². The number of benzene rings is 3. The highest BCUT2D eigenvalue weighted by Gasteiger charge is 2.26. The molecule has 0 aliphatic carbocycles. The molecule has 0 radical (unpaired) electrons. The number of hydrogen-bond acceptors (Lipinski definition) is 4. The fourth-order valence-corrected chi connectivity index (χ4v) is 3.94. The molecule has 186 valence electrons. The summed E-state index contributed by atoms with van der Waals surface area (Å²) in [5.41, 5.74) is 9.43. The van der Waals surface area contributed by atoms with Crippen molar-refractivity contribution in [2.75, 3.05) is 13.1 Å². The van der Waals surface area contributed by atoms with E-state index in [1.165, 1.54) is 5.56 Å². The summed E-state index contributed by atoms with van der Waals surface area (Å²) in [6, 6.07) is 23.6. The van der Waals surface area contributed by atoms with Gasteiger partial charge < -0.3 is 11.1 Å². The number of carbonyl (C=O) groups is 3. The first-order chi connectivity index (χ1) is 17.4. The molecule has 3 aromatic carbocycles. The molecule has 6 nitrogen and oxygen atoms in total. The molecular weight excluding hydrogens is 450 g/mol. The number of nitrogens with one attached hydrogen (secondary N) is 1. The minimum absolute atomic E-state index is 0.173. The van der Waals surface area contributed by atoms with Gasteiger partial charge in [-0.3, -0.25) is 19.3 Å². The Hall–Kier alpha value is -4.03. The number of hydrogen-bond donors (Lipinski definition) is 2. The molecule has 0 spiro atoms. The summed E-state index contributed by atoms with van der Waals surface area (Å²) in [5, 5.41) is 2.71. The molecular formula is C30H33N3O3. The van der Waals surface area contributed by atoms with Gasteiger partial charge in [0.15, 0.2) is 0 Å². The van der Waals surface area contributed by atoms with E-state index in [1.54, 1.807) is 12.1 Å². The Morgan fingerprint density at radius 1 is 0.833 bits per heavy atom. The van der Waals surface area contributed by atoms with Gasteiger partial charge in [0.05, 0.1) is 0 Å². The van der Waals surface area contributed by atoms with Crippen molar-refractivity contribution in [2.24, 2.45) is 5.73 Å². The summed E-state index contributed by atoms with van der Waals surface area (Å²) in [6.07, 6.45) is 3.99. The zero-order chi connectivity index (χ0) is 25.9. The van der Waals surface area contributed by atoms with Crippen LogP contribution in [0.4, 0.5) is 0 Å². The zero-order valence-electron chi connectivity index (χ0n) is 20.8. The van der Waals surface area contributed by atoms with E-state index >= 15 is 0 Å². The Labute approximate surface area is 212 Å². The molecule has 0 fully saturated rings. The quantitative estimate of drug-likeness (QED) is 0.300. The Morgan fingerprint density at radius 2 is 1.47 bits per heavy atom. The summed E-state index contributed by atoms with van der Waals surface area (Å²) in [5.74, 6) is -2.35. The van der Waals surface area contributed by atoms with Crippen LogP contribution >= 0.6 is 0 Å². The van der Waals surface area contributed by atoms with Crippen molar-refractivity contribution in [1.29, 1.82) is 0 Å². The van der Waals surface area contributed by atoms with Gasteiger partial charge in [0.25, 0.3) is 11.8 Å². The summed E-state index contributed by atoms with van der Waals surface area (Å²) in [7, 11) is 0. The standard InChI is InChI=1S/C30H33N3O3/c1-3-33(4-2)21-24-16-14-22(15-17-24)18-19-25-12-8-9-13-26(25)30(36)32-27(28(34)29(31)35)20-23-10-6-5-7-11-23/h5-19,27H,3-4,20-21H2,1-2H3,(H2,31,35)(H,32,36). The fraction of sp³-hybridized carbons (Fsp3) is 0.233. The number of rotatable bonds is 12. The Morgan fingerprint density at radius 3 is 2.11 bits per heavy atom. The molecule has 3 aromatic rings. The molecule has 3 rings (SSSR count). The van der Waals surface area contributed by atoms with Crippen LogP contribution in [-0.4, -0.2) is 41.6 Å². The van der Waals surface area contributed by atoms with Crippen molar-refractivity contribution in [3.63, 3.8) is 0 Å². The minimum Gasteiger partial charge on any atom is -0.363 e. The van der Waals surface area contributed by atoms with Crippen LogP contribution in [0.1, 0.15) is 46.5 Å².